The predicted molar refractivity (Wildman–Crippen MR) is 95.0 cm³/mol. The average molecular weight is 321 g/mol. The van der Waals surface area contributed by atoms with E-state index in [1.54, 1.807) is 24.0 Å². The number of nitrogens with one attached hydrogen (secondary N) is 1. The lowest BCUT2D eigenvalue weighted by Gasteiger charge is -2.01. The summed E-state index contributed by atoms with van der Waals surface area (Å²) in [5.41, 5.74) is 4.56. The van der Waals surface area contributed by atoms with Gasteiger partial charge < -0.3 is 0 Å². The Bertz CT molecular complexity index is 860. The zero-order chi connectivity index (χ0) is 16.1. The van der Waals surface area contributed by atoms with Gasteiger partial charge in [0, 0.05) is 10.3 Å². The Morgan fingerprint density at radius 2 is 1.87 bits per heavy atom. The van der Waals surface area contributed by atoms with Crippen molar-refractivity contribution in [2.75, 3.05) is 6.26 Å². The lowest BCUT2D eigenvalue weighted by molar-refractivity contribution is 0.0950. The number of rotatable bonds is 4. The van der Waals surface area contributed by atoms with Crippen LogP contribution in [0, 0.1) is 0 Å². The third-order valence-corrected chi connectivity index (χ3v) is 4.07. The maximum Gasteiger partial charge on any atom is 0.289 e. The van der Waals surface area contributed by atoms with Gasteiger partial charge in [-0.3, -0.25) is 4.79 Å². The minimum absolute atomic E-state index is 0.326. The molecule has 3 aromatic rings. The minimum Gasteiger partial charge on any atom is -0.266 e. The topological polar surface area (TPSA) is 54.4 Å². The van der Waals surface area contributed by atoms with Gasteiger partial charge in [-0.15, -0.1) is 11.8 Å². The molecule has 0 aliphatic rings. The smallest absolute Gasteiger partial charge is 0.266 e. The quantitative estimate of drug-likeness (QED) is 0.453. The Morgan fingerprint density at radius 3 is 2.65 bits per heavy atom. The molecule has 0 aliphatic carbocycles. The Morgan fingerprint density at radius 1 is 1.09 bits per heavy atom. The van der Waals surface area contributed by atoms with Gasteiger partial charge in [0.2, 0.25) is 0 Å². The van der Waals surface area contributed by atoms with Gasteiger partial charge in [0.05, 0.1) is 11.7 Å². The van der Waals surface area contributed by atoms with Gasteiger partial charge in [-0.2, -0.15) is 5.10 Å². The molecule has 5 heteroatoms. The molecule has 0 atom stereocenters. The van der Waals surface area contributed by atoms with E-state index in [0.717, 1.165) is 16.5 Å². The van der Waals surface area contributed by atoms with Crippen molar-refractivity contribution >= 4 is 34.8 Å². The van der Waals surface area contributed by atoms with Gasteiger partial charge in [-0.25, -0.2) is 10.4 Å². The van der Waals surface area contributed by atoms with Gasteiger partial charge in [0.25, 0.3) is 5.91 Å². The van der Waals surface area contributed by atoms with E-state index >= 15 is 0 Å². The highest BCUT2D eigenvalue weighted by atomic mass is 32.2. The number of amides is 1. The number of hydrogen-bond acceptors (Lipinski definition) is 4. The maximum absolute atomic E-state index is 12.1. The van der Waals surface area contributed by atoms with Crippen LogP contribution in [0.15, 0.2) is 70.7 Å². The summed E-state index contributed by atoms with van der Waals surface area (Å²) in [6, 6.07) is 19.2. The number of nitrogens with zero attached hydrogens (tertiary/aromatic N) is 2. The second kappa shape index (κ2) is 7.07. The van der Waals surface area contributed by atoms with Crippen LogP contribution in [-0.2, 0) is 0 Å². The summed E-state index contributed by atoms with van der Waals surface area (Å²) in [5.74, 6) is -0.326. The van der Waals surface area contributed by atoms with Crippen LogP contribution in [0.4, 0.5) is 0 Å². The lowest BCUT2D eigenvalue weighted by atomic mass is 10.2. The Labute approximate surface area is 138 Å². The van der Waals surface area contributed by atoms with E-state index in [4.69, 9.17) is 0 Å². The van der Waals surface area contributed by atoms with Crippen molar-refractivity contribution in [2.45, 2.75) is 4.90 Å². The molecule has 1 heterocycles. The molecule has 0 bridgehead atoms. The molecule has 1 aromatic heterocycles. The zero-order valence-electron chi connectivity index (χ0n) is 12.6. The molecule has 3 rings (SSSR count). The molecule has 0 fully saturated rings. The van der Waals surface area contributed by atoms with E-state index in [9.17, 15) is 4.79 Å². The number of hydrogen-bond donors (Lipinski definition) is 1. The first kappa shape index (κ1) is 15.2. The molecule has 0 aliphatic heterocycles. The van der Waals surface area contributed by atoms with Crippen LogP contribution in [0.25, 0.3) is 10.9 Å². The van der Waals surface area contributed by atoms with Crippen molar-refractivity contribution < 1.29 is 4.79 Å². The van der Waals surface area contributed by atoms with E-state index in [0.29, 0.717) is 5.69 Å². The molecule has 0 unspecified atom stereocenters. The van der Waals surface area contributed by atoms with Crippen LogP contribution in [0.2, 0.25) is 0 Å². The summed E-state index contributed by atoms with van der Waals surface area (Å²) in [7, 11) is 0. The average Bonchev–Trinajstić information content (AvgIpc) is 2.61. The highest BCUT2D eigenvalue weighted by Crippen LogP contribution is 2.14. The number of carbonyl (C=O) groups excluding carboxylic acids is 1. The second-order valence-corrected chi connectivity index (χ2v) is 5.74. The fraction of sp³-hybridized carbons (Fsp3) is 0.0556. The lowest BCUT2D eigenvalue weighted by Crippen LogP contribution is -2.18. The zero-order valence-corrected chi connectivity index (χ0v) is 13.4. The van der Waals surface area contributed by atoms with Gasteiger partial charge in [0.1, 0.15) is 5.69 Å². The van der Waals surface area contributed by atoms with Crippen molar-refractivity contribution in [1.29, 1.82) is 0 Å². The number of para-hydroxylation sites is 1. The van der Waals surface area contributed by atoms with Crippen molar-refractivity contribution in [3.8, 4) is 0 Å². The second-order valence-electron chi connectivity index (χ2n) is 4.86. The summed E-state index contributed by atoms with van der Waals surface area (Å²) < 4.78 is 0. The highest BCUT2D eigenvalue weighted by Gasteiger charge is 2.06. The molecule has 4 nitrogen and oxygen atoms in total. The Hall–Kier alpha value is -2.66. The van der Waals surface area contributed by atoms with Crippen LogP contribution in [-0.4, -0.2) is 23.4 Å². The molecule has 1 N–H and O–H groups in total. The molecule has 2 aromatic carbocycles. The Kier molecular flexibility index (Phi) is 4.68. The van der Waals surface area contributed by atoms with E-state index in [2.05, 4.69) is 15.5 Å². The molecule has 0 saturated carbocycles. The number of carbonyl (C=O) groups is 1. The summed E-state index contributed by atoms with van der Waals surface area (Å²) in [6.45, 7) is 0. The first-order chi connectivity index (χ1) is 11.3. The summed E-state index contributed by atoms with van der Waals surface area (Å²) in [5, 5.41) is 4.98. The monoisotopic (exact) mass is 321 g/mol. The predicted octanol–water partition coefficient (Wildman–Crippen LogP) is 3.72. The number of fused-ring (bicyclic) bond motifs is 1. The first-order valence-corrected chi connectivity index (χ1v) is 8.32. The van der Waals surface area contributed by atoms with Gasteiger partial charge in [0.15, 0.2) is 0 Å². The third kappa shape index (κ3) is 3.76. The number of benzene rings is 2. The van der Waals surface area contributed by atoms with Crippen molar-refractivity contribution in [3.63, 3.8) is 0 Å². The molecule has 1 amide bonds. The van der Waals surface area contributed by atoms with E-state index in [1.165, 1.54) is 4.90 Å². The number of aromatic nitrogens is 1. The van der Waals surface area contributed by atoms with Crippen molar-refractivity contribution in [3.05, 3.63) is 71.9 Å². The minimum atomic E-state index is -0.326. The molecule has 0 radical (unpaired) electrons. The maximum atomic E-state index is 12.1. The number of hydrazone groups is 1. The standard InChI is InChI=1S/C18H15N3OS/c1-23-15-9-6-13(7-10-15)12-19-21-18(22)17-11-8-14-4-2-3-5-16(14)20-17/h2-12H,1H3,(H,21,22). The summed E-state index contributed by atoms with van der Waals surface area (Å²) in [6.07, 6.45) is 3.64. The highest BCUT2D eigenvalue weighted by molar-refractivity contribution is 7.98. The van der Waals surface area contributed by atoms with Gasteiger partial charge >= 0.3 is 0 Å². The van der Waals surface area contributed by atoms with Crippen molar-refractivity contribution in [2.24, 2.45) is 5.10 Å². The fourth-order valence-electron chi connectivity index (χ4n) is 2.11. The van der Waals surface area contributed by atoms with Crippen LogP contribution >= 0.6 is 11.8 Å². The van der Waals surface area contributed by atoms with Gasteiger partial charge in [-0.1, -0.05) is 36.4 Å². The number of pyridine rings is 1. The van der Waals surface area contributed by atoms with Crippen LogP contribution in [0.3, 0.4) is 0 Å². The van der Waals surface area contributed by atoms with Crippen LogP contribution in [0.1, 0.15) is 16.1 Å². The van der Waals surface area contributed by atoms with E-state index in [-0.39, 0.29) is 5.91 Å². The molecule has 0 spiro atoms. The molecule has 114 valence electrons. The molecule has 23 heavy (non-hydrogen) atoms. The largest absolute Gasteiger partial charge is 0.289 e. The summed E-state index contributed by atoms with van der Waals surface area (Å²) in [4.78, 5) is 17.6. The molecule has 0 saturated heterocycles. The van der Waals surface area contributed by atoms with Gasteiger partial charge in [-0.05, 0) is 36.1 Å². The summed E-state index contributed by atoms with van der Waals surface area (Å²) >= 11 is 1.68. The normalized spacial score (nSPS) is 11.0. The van der Waals surface area contributed by atoms with Crippen LogP contribution < -0.4 is 5.43 Å². The van der Waals surface area contributed by atoms with Crippen LogP contribution in [0.5, 0.6) is 0 Å². The molecular weight excluding hydrogens is 306 g/mol. The van der Waals surface area contributed by atoms with E-state index < -0.39 is 0 Å². The van der Waals surface area contributed by atoms with E-state index in [1.807, 2.05) is 60.9 Å². The Balaban J connectivity index is 1.68. The third-order valence-electron chi connectivity index (χ3n) is 3.33. The SMILES string of the molecule is CSc1ccc(C=NNC(=O)c2ccc3ccccc3n2)cc1. The number of thioether (sulfide) groups is 1. The first-order valence-electron chi connectivity index (χ1n) is 7.09. The van der Waals surface area contributed by atoms with Crippen molar-refractivity contribution in [1.82, 2.24) is 10.4 Å². The fourth-order valence-corrected chi connectivity index (χ4v) is 2.51. The molecular formula is C18H15N3OS.